The number of aliphatic hydroxyl groups is 1. The molecule has 0 aromatic heterocycles. The highest BCUT2D eigenvalue weighted by molar-refractivity contribution is 5.80. The van der Waals surface area contributed by atoms with Gasteiger partial charge in [-0.15, -0.1) is 0 Å². The largest absolute Gasteiger partial charge is 0.469 e. The van der Waals surface area contributed by atoms with Crippen molar-refractivity contribution in [3.63, 3.8) is 0 Å². The number of carbonyl (C=O) groups is 2. The summed E-state index contributed by atoms with van der Waals surface area (Å²) in [4.78, 5) is 25.9. The van der Waals surface area contributed by atoms with Gasteiger partial charge in [0, 0.05) is 6.54 Å². The van der Waals surface area contributed by atoms with Gasteiger partial charge in [-0.05, 0) is 24.8 Å². The van der Waals surface area contributed by atoms with Gasteiger partial charge in [-0.3, -0.25) is 4.79 Å². The van der Waals surface area contributed by atoms with Crippen molar-refractivity contribution in [2.24, 2.45) is 5.41 Å². The minimum atomic E-state index is -1.23. The van der Waals surface area contributed by atoms with Crippen LogP contribution < -0.4 is 0 Å². The number of β-amino-alcohol motifs (C(OH)–C–C–N with tert-alkyl or cyclic N) is 1. The molecule has 6 nitrogen and oxygen atoms in total. The average molecular weight is 333 g/mol. The molecule has 1 unspecified atom stereocenters. The molecule has 1 aliphatic heterocycles. The van der Waals surface area contributed by atoms with Crippen LogP contribution in [0.3, 0.4) is 0 Å². The number of amides is 1. The Balaban J connectivity index is 1.62. The van der Waals surface area contributed by atoms with Gasteiger partial charge in [0.1, 0.15) is 12.2 Å². The summed E-state index contributed by atoms with van der Waals surface area (Å²) in [6.07, 6.45) is 1.99. The van der Waals surface area contributed by atoms with Gasteiger partial charge in [-0.1, -0.05) is 36.8 Å². The Hall–Kier alpha value is -2.08. The first kappa shape index (κ1) is 16.8. The molecule has 6 heteroatoms. The number of hydrogen-bond donors (Lipinski definition) is 1. The van der Waals surface area contributed by atoms with E-state index in [0.29, 0.717) is 25.8 Å². The monoisotopic (exact) mass is 333 g/mol. The lowest BCUT2D eigenvalue weighted by atomic mass is 9.58. The van der Waals surface area contributed by atoms with E-state index < -0.39 is 17.1 Å². The number of ether oxygens (including phenoxy) is 2. The number of carbonyl (C=O) groups excluding carboxylic acids is 2. The maximum absolute atomic E-state index is 12.3. The molecule has 0 radical (unpaired) electrons. The van der Waals surface area contributed by atoms with Crippen LogP contribution >= 0.6 is 0 Å². The maximum atomic E-state index is 12.3. The van der Waals surface area contributed by atoms with Crippen LogP contribution in [0.1, 0.15) is 31.2 Å². The molecule has 1 atom stereocenters. The summed E-state index contributed by atoms with van der Waals surface area (Å²) >= 11 is 0. The Kier molecular flexibility index (Phi) is 4.49. The van der Waals surface area contributed by atoms with E-state index in [1.54, 1.807) is 0 Å². The van der Waals surface area contributed by atoms with Gasteiger partial charge < -0.3 is 19.5 Å². The van der Waals surface area contributed by atoms with E-state index in [1.165, 1.54) is 12.0 Å². The molecule has 1 N–H and O–H groups in total. The zero-order chi connectivity index (χ0) is 17.2. The lowest BCUT2D eigenvalue weighted by Crippen LogP contribution is -2.59. The molecule has 2 aliphatic rings. The molecule has 1 aromatic rings. The topological polar surface area (TPSA) is 76.1 Å². The van der Waals surface area contributed by atoms with Crippen molar-refractivity contribution < 1.29 is 24.2 Å². The van der Waals surface area contributed by atoms with Gasteiger partial charge in [0.25, 0.3) is 0 Å². The predicted octanol–water partition coefficient (Wildman–Crippen LogP) is 2.10. The van der Waals surface area contributed by atoms with Crippen LogP contribution in [0.15, 0.2) is 30.3 Å². The molecular weight excluding hydrogens is 310 g/mol. The summed E-state index contributed by atoms with van der Waals surface area (Å²) in [6.45, 7) is 0.676. The van der Waals surface area contributed by atoms with Gasteiger partial charge in [-0.25, -0.2) is 4.79 Å². The number of hydrogen-bond acceptors (Lipinski definition) is 5. The van der Waals surface area contributed by atoms with Crippen molar-refractivity contribution in [1.29, 1.82) is 0 Å². The van der Waals surface area contributed by atoms with Crippen molar-refractivity contribution >= 4 is 12.1 Å². The molecule has 1 amide bonds. The standard InChI is InChI=1S/C18H23NO5/c1-23-15(20)17(8-5-9-17)18(22)10-11-19(13-18)16(21)24-12-14-6-3-2-4-7-14/h2-4,6-7,22H,5,8-13H2,1H3. The molecular formula is C18H23NO5. The molecule has 1 aromatic carbocycles. The first-order valence-corrected chi connectivity index (χ1v) is 8.27. The van der Waals surface area contributed by atoms with Crippen LogP contribution in [-0.2, 0) is 20.9 Å². The highest BCUT2D eigenvalue weighted by Crippen LogP contribution is 2.53. The fourth-order valence-corrected chi connectivity index (χ4v) is 3.74. The number of nitrogens with zero attached hydrogens (tertiary/aromatic N) is 1. The Morgan fingerprint density at radius 2 is 1.92 bits per heavy atom. The van der Waals surface area contributed by atoms with Gasteiger partial charge in [0.2, 0.25) is 0 Å². The minimum Gasteiger partial charge on any atom is -0.469 e. The van der Waals surface area contributed by atoms with E-state index in [1.807, 2.05) is 30.3 Å². The summed E-state index contributed by atoms with van der Waals surface area (Å²) in [5.41, 5.74) is -1.20. The average Bonchev–Trinajstić information content (AvgIpc) is 2.95. The van der Waals surface area contributed by atoms with Crippen LogP contribution in [-0.4, -0.2) is 47.9 Å². The van der Waals surface area contributed by atoms with E-state index in [-0.39, 0.29) is 19.1 Å². The SMILES string of the molecule is COC(=O)C1(C2(O)CCN(C(=O)OCc3ccccc3)C2)CCC1. The van der Waals surface area contributed by atoms with Crippen molar-refractivity contribution in [3.05, 3.63) is 35.9 Å². The number of esters is 1. The second-order valence-corrected chi connectivity index (χ2v) is 6.67. The first-order valence-electron chi connectivity index (χ1n) is 8.27. The Bertz CT molecular complexity index is 613. The zero-order valence-corrected chi connectivity index (χ0v) is 13.9. The highest BCUT2D eigenvalue weighted by Gasteiger charge is 2.62. The van der Waals surface area contributed by atoms with Crippen LogP contribution in [0.5, 0.6) is 0 Å². The fourth-order valence-electron chi connectivity index (χ4n) is 3.74. The summed E-state index contributed by atoms with van der Waals surface area (Å²) in [5, 5.41) is 11.0. The van der Waals surface area contributed by atoms with Crippen molar-refractivity contribution in [3.8, 4) is 0 Å². The quantitative estimate of drug-likeness (QED) is 0.854. The number of likely N-dealkylation sites (tertiary alicyclic amines) is 1. The van der Waals surface area contributed by atoms with Gasteiger partial charge in [-0.2, -0.15) is 0 Å². The molecule has 130 valence electrons. The lowest BCUT2D eigenvalue weighted by Gasteiger charge is -2.48. The van der Waals surface area contributed by atoms with Crippen molar-refractivity contribution in [1.82, 2.24) is 4.90 Å². The summed E-state index contributed by atoms with van der Waals surface area (Å²) in [5.74, 6) is -0.379. The third-order valence-corrected chi connectivity index (χ3v) is 5.39. The molecule has 1 saturated heterocycles. The molecule has 1 aliphatic carbocycles. The smallest absolute Gasteiger partial charge is 0.410 e. The van der Waals surface area contributed by atoms with Gasteiger partial charge in [0.15, 0.2) is 0 Å². The van der Waals surface area contributed by atoms with Crippen LogP contribution in [0.4, 0.5) is 4.79 Å². The van der Waals surface area contributed by atoms with Crippen molar-refractivity contribution in [2.45, 2.75) is 37.9 Å². The molecule has 3 rings (SSSR count). The Morgan fingerprint density at radius 1 is 1.21 bits per heavy atom. The summed E-state index contributed by atoms with van der Waals surface area (Å²) in [7, 11) is 1.34. The van der Waals surface area contributed by atoms with Crippen molar-refractivity contribution in [2.75, 3.05) is 20.2 Å². The van der Waals surface area contributed by atoms with E-state index in [0.717, 1.165) is 12.0 Å². The van der Waals surface area contributed by atoms with Gasteiger partial charge in [0.05, 0.1) is 19.1 Å². The van der Waals surface area contributed by atoms with E-state index in [9.17, 15) is 14.7 Å². The summed E-state index contributed by atoms with van der Waals surface area (Å²) in [6, 6.07) is 9.43. The van der Waals surface area contributed by atoms with Crippen LogP contribution in [0.25, 0.3) is 0 Å². The second-order valence-electron chi connectivity index (χ2n) is 6.67. The molecule has 0 bridgehead atoms. The number of rotatable bonds is 4. The maximum Gasteiger partial charge on any atom is 0.410 e. The van der Waals surface area contributed by atoms with Crippen LogP contribution in [0, 0.1) is 5.41 Å². The highest BCUT2D eigenvalue weighted by atomic mass is 16.6. The molecule has 1 heterocycles. The molecule has 24 heavy (non-hydrogen) atoms. The van der Waals surface area contributed by atoms with Crippen LogP contribution in [0.2, 0.25) is 0 Å². The van der Waals surface area contributed by atoms with Gasteiger partial charge >= 0.3 is 12.1 Å². The third kappa shape index (κ3) is 2.75. The fraction of sp³-hybridized carbons (Fsp3) is 0.556. The first-order chi connectivity index (χ1) is 11.5. The lowest BCUT2D eigenvalue weighted by molar-refractivity contribution is -0.185. The molecule has 0 spiro atoms. The molecule has 1 saturated carbocycles. The Morgan fingerprint density at radius 3 is 2.50 bits per heavy atom. The Labute approximate surface area is 141 Å². The molecule has 2 fully saturated rings. The van der Waals surface area contributed by atoms with E-state index >= 15 is 0 Å². The second kappa shape index (κ2) is 6.43. The van der Waals surface area contributed by atoms with E-state index in [4.69, 9.17) is 9.47 Å². The normalized spacial score (nSPS) is 25.0. The summed E-state index contributed by atoms with van der Waals surface area (Å²) < 4.78 is 10.2. The number of benzene rings is 1. The van der Waals surface area contributed by atoms with E-state index in [2.05, 4.69) is 0 Å². The zero-order valence-electron chi connectivity index (χ0n) is 13.9. The number of methoxy groups -OCH3 is 1. The predicted molar refractivity (Wildman–Crippen MR) is 86.1 cm³/mol. The third-order valence-electron chi connectivity index (χ3n) is 5.39. The minimum absolute atomic E-state index is 0.107.